The molecule has 1 aromatic carbocycles. The number of hydrogen-bond donors (Lipinski definition) is 0. The Morgan fingerprint density at radius 2 is 2.14 bits per heavy atom. The van der Waals surface area contributed by atoms with Crippen LogP contribution in [0.1, 0.15) is 33.6 Å². The second kappa shape index (κ2) is 7.59. The number of carbonyl (C=O) groups is 1. The van der Waals surface area contributed by atoms with Gasteiger partial charge in [0, 0.05) is 5.56 Å². The molecule has 0 fully saturated rings. The summed E-state index contributed by atoms with van der Waals surface area (Å²) in [6.07, 6.45) is 1.42. The van der Waals surface area contributed by atoms with Gasteiger partial charge in [-0.3, -0.25) is 9.36 Å². The van der Waals surface area contributed by atoms with Crippen molar-refractivity contribution in [1.29, 1.82) is 0 Å². The Morgan fingerprint density at radius 1 is 1.31 bits per heavy atom. The van der Waals surface area contributed by atoms with Gasteiger partial charge in [-0.2, -0.15) is 4.98 Å². The fraction of sp³-hybridized carbons (Fsp3) is 0.250. The molecule has 3 aromatic heterocycles. The molecule has 0 aliphatic carbocycles. The quantitative estimate of drug-likeness (QED) is 0.465. The predicted molar refractivity (Wildman–Crippen MR) is 108 cm³/mol. The molecule has 0 atom stereocenters. The maximum atomic E-state index is 13.0. The summed E-state index contributed by atoms with van der Waals surface area (Å²) < 4.78 is 11.8. The van der Waals surface area contributed by atoms with E-state index in [1.165, 1.54) is 10.9 Å². The third-order valence-electron chi connectivity index (χ3n) is 4.43. The first kappa shape index (κ1) is 19.0. The molecule has 0 radical (unpaired) electrons. The number of ether oxygens (including phenoxy) is 1. The Balaban J connectivity index is 1.67. The molecule has 0 aliphatic heterocycles. The number of hydrogen-bond acceptors (Lipinski definition) is 8. The highest BCUT2D eigenvalue weighted by molar-refractivity contribution is 7.20. The zero-order valence-corrected chi connectivity index (χ0v) is 16.9. The average Bonchev–Trinajstić information content (AvgIpc) is 3.29. The van der Waals surface area contributed by atoms with E-state index >= 15 is 0 Å². The summed E-state index contributed by atoms with van der Waals surface area (Å²) >= 11 is 1.15. The Bertz CT molecular complexity index is 1270. The van der Waals surface area contributed by atoms with E-state index in [1.807, 2.05) is 31.2 Å². The molecule has 9 heteroatoms. The van der Waals surface area contributed by atoms with Gasteiger partial charge in [-0.25, -0.2) is 9.78 Å². The first-order valence-electron chi connectivity index (χ1n) is 9.03. The molecule has 0 bridgehead atoms. The van der Waals surface area contributed by atoms with Gasteiger partial charge in [0.1, 0.15) is 16.3 Å². The number of carbonyl (C=O) groups excluding carboxylic acids is 1. The van der Waals surface area contributed by atoms with Crippen LogP contribution in [0.5, 0.6) is 0 Å². The van der Waals surface area contributed by atoms with Gasteiger partial charge in [0.25, 0.3) is 5.56 Å². The Kier molecular flexibility index (Phi) is 4.98. The smallest absolute Gasteiger partial charge is 0.348 e. The minimum atomic E-state index is -0.446. The van der Waals surface area contributed by atoms with E-state index in [-0.39, 0.29) is 18.7 Å². The number of nitrogens with zero attached hydrogens (tertiary/aromatic N) is 4. The molecule has 4 rings (SSSR count). The first-order chi connectivity index (χ1) is 14.0. The molecular weight excluding hydrogens is 392 g/mol. The predicted octanol–water partition coefficient (Wildman–Crippen LogP) is 3.35. The van der Waals surface area contributed by atoms with E-state index in [2.05, 4.69) is 15.1 Å². The van der Waals surface area contributed by atoms with Crippen molar-refractivity contribution < 1.29 is 14.1 Å². The van der Waals surface area contributed by atoms with Crippen LogP contribution in [0.2, 0.25) is 0 Å². The van der Waals surface area contributed by atoms with Crippen molar-refractivity contribution >= 4 is 27.5 Å². The summed E-state index contributed by atoms with van der Waals surface area (Å²) in [5.41, 5.74) is 2.23. The van der Waals surface area contributed by atoms with E-state index in [9.17, 15) is 9.59 Å². The summed E-state index contributed by atoms with van der Waals surface area (Å²) in [5, 5.41) is 4.40. The maximum absolute atomic E-state index is 13.0. The largest absolute Gasteiger partial charge is 0.462 e. The zero-order chi connectivity index (χ0) is 20.5. The second-order valence-corrected chi connectivity index (χ2v) is 7.51. The van der Waals surface area contributed by atoms with Gasteiger partial charge in [0.2, 0.25) is 11.7 Å². The average molecular weight is 410 g/mol. The summed E-state index contributed by atoms with van der Waals surface area (Å²) in [7, 11) is 0. The van der Waals surface area contributed by atoms with Gasteiger partial charge in [0.05, 0.1) is 18.3 Å². The summed E-state index contributed by atoms with van der Waals surface area (Å²) in [6, 6.07) is 7.76. The highest BCUT2D eigenvalue weighted by Crippen LogP contribution is 2.27. The molecule has 0 spiro atoms. The lowest BCUT2D eigenvalue weighted by atomic mass is 10.1. The number of fused-ring (bicyclic) bond motifs is 1. The molecular formula is C20H18N4O4S. The highest BCUT2D eigenvalue weighted by atomic mass is 32.1. The van der Waals surface area contributed by atoms with Crippen molar-refractivity contribution in [1.82, 2.24) is 19.7 Å². The number of esters is 1. The first-order valence-corrected chi connectivity index (χ1v) is 9.85. The van der Waals surface area contributed by atoms with Crippen molar-refractivity contribution in [3.05, 3.63) is 62.8 Å². The van der Waals surface area contributed by atoms with E-state index in [0.717, 1.165) is 22.5 Å². The van der Waals surface area contributed by atoms with Crippen molar-refractivity contribution in [2.24, 2.45) is 0 Å². The van der Waals surface area contributed by atoms with Crippen LogP contribution in [0.15, 0.2) is 39.9 Å². The third kappa shape index (κ3) is 3.56. The Hall–Kier alpha value is -3.33. The molecule has 0 unspecified atom stereocenters. The van der Waals surface area contributed by atoms with Gasteiger partial charge in [0.15, 0.2) is 0 Å². The topological polar surface area (TPSA) is 100 Å². The van der Waals surface area contributed by atoms with Gasteiger partial charge in [-0.1, -0.05) is 28.9 Å². The number of rotatable bonds is 5. The molecule has 0 N–H and O–H groups in total. The fourth-order valence-electron chi connectivity index (χ4n) is 3.03. The number of thiophene rings is 1. The van der Waals surface area contributed by atoms with E-state index < -0.39 is 5.97 Å². The summed E-state index contributed by atoms with van der Waals surface area (Å²) in [6.45, 7) is 5.80. The molecule has 8 nitrogen and oxygen atoms in total. The number of aromatic nitrogens is 4. The molecule has 0 saturated carbocycles. The standard InChI is InChI=1S/C20H18N4O4S/c1-4-27-20(26)16-12(3)15-18(29-16)21-10-24(19(15)25)9-14-22-17(23-28-14)13-7-5-6-11(2)8-13/h5-8,10H,4,9H2,1-3H3. The van der Waals surface area contributed by atoms with E-state index in [1.54, 1.807) is 13.8 Å². The van der Waals surface area contributed by atoms with Crippen LogP contribution in [0.25, 0.3) is 21.6 Å². The van der Waals surface area contributed by atoms with Crippen LogP contribution in [0.4, 0.5) is 0 Å². The molecule has 0 saturated heterocycles. The molecule has 148 valence electrons. The number of benzene rings is 1. The maximum Gasteiger partial charge on any atom is 0.348 e. The van der Waals surface area contributed by atoms with Gasteiger partial charge in [-0.05, 0) is 32.4 Å². The van der Waals surface area contributed by atoms with Crippen molar-refractivity contribution in [3.63, 3.8) is 0 Å². The zero-order valence-electron chi connectivity index (χ0n) is 16.1. The summed E-state index contributed by atoms with van der Waals surface area (Å²) in [5.74, 6) is 0.309. The minimum Gasteiger partial charge on any atom is -0.462 e. The van der Waals surface area contributed by atoms with E-state index in [4.69, 9.17) is 9.26 Å². The molecule has 3 heterocycles. The highest BCUT2D eigenvalue weighted by Gasteiger charge is 2.21. The summed E-state index contributed by atoms with van der Waals surface area (Å²) in [4.78, 5) is 34.7. The van der Waals surface area contributed by atoms with Crippen LogP contribution < -0.4 is 5.56 Å². The number of aryl methyl sites for hydroxylation is 2. The lowest BCUT2D eigenvalue weighted by Crippen LogP contribution is -2.21. The molecule has 0 amide bonds. The van der Waals surface area contributed by atoms with Crippen LogP contribution in [-0.4, -0.2) is 32.3 Å². The fourth-order valence-corrected chi connectivity index (χ4v) is 4.06. The Labute approximate surface area is 169 Å². The van der Waals surface area contributed by atoms with Gasteiger partial charge < -0.3 is 9.26 Å². The van der Waals surface area contributed by atoms with Crippen LogP contribution >= 0.6 is 11.3 Å². The van der Waals surface area contributed by atoms with Crippen LogP contribution in [0, 0.1) is 13.8 Å². The third-order valence-corrected chi connectivity index (χ3v) is 5.61. The van der Waals surface area contributed by atoms with Crippen molar-refractivity contribution in [3.8, 4) is 11.4 Å². The lowest BCUT2D eigenvalue weighted by Gasteiger charge is -2.02. The van der Waals surface area contributed by atoms with Crippen LogP contribution in [-0.2, 0) is 11.3 Å². The Morgan fingerprint density at radius 3 is 2.90 bits per heavy atom. The monoisotopic (exact) mass is 410 g/mol. The van der Waals surface area contributed by atoms with Crippen molar-refractivity contribution in [2.75, 3.05) is 6.61 Å². The molecule has 29 heavy (non-hydrogen) atoms. The SMILES string of the molecule is CCOC(=O)c1sc2ncn(Cc3nc(-c4cccc(C)c4)no3)c(=O)c2c1C. The normalized spacial score (nSPS) is 11.1. The molecule has 0 aliphatic rings. The van der Waals surface area contributed by atoms with Crippen molar-refractivity contribution in [2.45, 2.75) is 27.3 Å². The van der Waals surface area contributed by atoms with Gasteiger partial charge in [-0.15, -0.1) is 11.3 Å². The van der Waals surface area contributed by atoms with Crippen LogP contribution in [0.3, 0.4) is 0 Å². The second-order valence-electron chi connectivity index (χ2n) is 6.52. The minimum absolute atomic E-state index is 0.0879. The lowest BCUT2D eigenvalue weighted by molar-refractivity contribution is 0.0531. The van der Waals surface area contributed by atoms with E-state index in [0.29, 0.717) is 32.4 Å². The molecule has 4 aromatic rings. The van der Waals surface area contributed by atoms with Gasteiger partial charge >= 0.3 is 5.97 Å².